The van der Waals surface area contributed by atoms with Crippen LogP contribution < -0.4 is 10.2 Å². The molecule has 3 saturated heterocycles. The lowest BCUT2D eigenvalue weighted by Crippen LogP contribution is -2.67. The van der Waals surface area contributed by atoms with Crippen LogP contribution in [0.2, 0.25) is 5.02 Å². The number of nitrogens with zero attached hydrogens (tertiary/aromatic N) is 2. The van der Waals surface area contributed by atoms with E-state index >= 15 is 0 Å². The number of imide groups is 1. The number of halogens is 1. The first-order valence-corrected chi connectivity index (χ1v) is 11.1. The molecule has 3 aliphatic heterocycles. The van der Waals surface area contributed by atoms with Crippen molar-refractivity contribution in [2.24, 2.45) is 11.8 Å². The van der Waals surface area contributed by atoms with Gasteiger partial charge in [-0.3, -0.25) is 24.1 Å². The van der Waals surface area contributed by atoms with Gasteiger partial charge in [0.25, 0.3) is 0 Å². The average Bonchev–Trinajstić information content (AvgIpc) is 3.25. The molecule has 0 aliphatic carbocycles. The molecule has 2 aromatic carbocycles. The minimum atomic E-state index is -1.53. The van der Waals surface area contributed by atoms with Gasteiger partial charge < -0.3 is 10.1 Å². The topological polar surface area (TPSA) is 96.0 Å². The second-order valence-electron chi connectivity index (χ2n) is 8.48. The summed E-state index contributed by atoms with van der Waals surface area (Å²) in [6.45, 7) is 0.748. The Morgan fingerprint density at radius 2 is 1.88 bits per heavy atom. The summed E-state index contributed by atoms with van der Waals surface area (Å²) in [6, 6.07) is 15.3. The Bertz CT molecular complexity index is 1160. The number of hydrogen-bond donors (Lipinski definition) is 1. The van der Waals surface area contributed by atoms with Crippen LogP contribution in [0.5, 0.6) is 0 Å². The molecule has 0 radical (unpaired) electrons. The van der Waals surface area contributed by atoms with Gasteiger partial charge in [0.15, 0.2) is 0 Å². The summed E-state index contributed by atoms with van der Waals surface area (Å²) in [7, 11) is 1.24. The number of piperazine rings is 1. The van der Waals surface area contributed by atoms with Crippen molar-refractivity contribution in [3.63, 3.8) is 0 Å². The number of carbonyl (C=O) groups excluding carboxylic acids is 4. The lowest BCUT2D eigenvalue weighted by atomic mass is 9.76. The van der Waals surface area contributed by atoms with E-state index < -0.39 is 47.1 Å². The Kier molecular flexibility index (Phi) is 5.22. The number of amides is 3. The van der Waals surface area contributed by atoms with Crippen LogP contribution in [0.3, 0.4) is 0 Å². The molecule has 3 fully saturated rings. The van der Waals surface area contributed by atoms with Crippen molar-refractivity contribution in [1.82, 2.24) is 10.2 Å². The van der Waals surface area contributed by atoms with E-state index in [4.69, 9.17) is 16.3 Å². The molecule has 33 heavy (non-hydrogen) atoms. The van der Waals surface area contributed by atoms with Crippen molar-refractivity contribution >= 4 is 41.0 Å². The van der Waals surface area contributed by atoms with Crippen molar-refractivity contribution in [1.29, 1.82) is 0 Å². The number of benzene rings is 2. The molecular formula is C24H22ClN3O5. The Balaban J connectivity index is 1.71. The van der Waals surface area contributed by atoms with Gasteiger partial charge in [-0.25, -0.2) is 4.90 Å². The van der Waals surface area contributed by atoms with Gasteiger partial charge in [0.1, 0.15) is 5.54 Å². The van der Waals surface area contributed by atoms with E-state index in [9.17, 15) is 19.2 Å². The van der Waals surface area contributed by atoms with Crippen molar-refractivity contribution in [3.8, 4) is 0 Å². The SMILES string of the molecule is COC(=O)CC12C(=O)NCCN1C(c1ccccc1)C1C(=O)N(c3cccc(Cl)c3)C(=O)C12. The maximum Gasteiger partial charge on any atom is 0.307 e. The highest BCUT2D eigenvalue weighted by molar-refractivity contribution is 6.31. The van der Waals surface area contributed by atoms with Crippen molar-refractivity contribution < 1.29 is 23.9 Å². The quantitative estimate of drug-likeness (QED) is 0.545. The molecule has 5 rings (SSSR count). The average molecular weight is 468 g/mol. The number of carbonyl (C=O) groups is 4. The third-order valence-corrected chi connectivity index (χ3v) is 7.17. The van der Waals surface area contributed by atoms with E-state index in [2.05, 4.69) is 5.32 Å². The molecule has 3 amide bonds. The van der Waals surface area contributed by atoms with E-state index in [0.29, 0.717) is 23.8 Å². The van der Waals surface area contributed by atoms with Crippen molar-refractivity contribution in [2.75, 3.05) is 25.1 Å². The molecule has 4 unspecified atom stereocenters. The molecule has 8 nitrogen and oxygen atoms in total. The molecule has 4 atom stereocenters. The van der Waals surface area contributed by atoms with Crippen LogP contribution in [-0.2, 0) is 23.9 Å². The first-order valence-electron chi connectivity index (χ1n) is 10.7. The maximum absolute atomic E-state index is 13.9. The standard InChI is InChI=1S/C24H22ClN3O5/c1-33-17(29)13-24-19-18(21(30)28(22(19)31)16-9-5-8-15(25)12-16)20(14-6-3-2-4-7-14)27(24)11-10-26-23(24)32/h2-9,12,18-20H,10-11,13H2,1H3,(H,26,32). The van der Waals surface area contributed by atoms with Gasteiger partial charge in [-0.1, -0.05) is 48.0 Å². The molecule has 2 aromatic rings. The molecule has 1 N–H and O–H groups in total. The maximum atomic E-state index is 13.9. The Morgan fingerprint density at radius 1 is 1.12 bits per heavy atom. The fraction of sp³-hybridized carbons (Fsp3) is 0.333. The smallest absolute Gasteiger partial charge is 0.307 e. The second kappa shape index (κ2) is 7.97. The Hall–Kier alpha value is -3.23. The van der Waals surface area contributed by atoms with Crippen LogP contribution in [0.25, 0.3) is 0 Å². The zero-order valence-corrected chi connectivity index (χ0v) is 18.6. The van der Waals surface area contributed by atoms with E-state index in [1.165, 1.54) is 7.11 Å². The summed E-state index contributed by atoms with van der Waals surface area (Å²) in [5.74, 6) is -3.88. The zero-order chi connectivity index (χ0) is 23.3. The summed E-state index contributed by atoms with van der Waals surface area (Å²) < 4.78 is 4.91. The summed E-state index contributed by atoms with van der Waals surface area (Å²) in [5.41, 5.74) is -0.380. The highest BCUT2D eigenvalue weighted by Crippen LogP contribution is 2.57. The number of nitrogens with one attached hydrogen (secondary N) is 1. The van der Waals surface area contributed by atoms with Crippen LogP contribution >= 0.6 is 11.6 Å². The third-order valence-electron chi connectivity index (χ3n) is 6.93. The second-order valence-corrected chi connectivity index (χ2v) is 8.91. The predicted molar refractivity (Wildman–Crippen MR) is 119 cm³/mol. The van der Waals surface area contributed by atoms with E-state index in [0.717, 1.165) is 10.5 Å². The minimum absolute atomic E-state index is 0.331. The van der Waals surface area contributed by atoms with E-state index in [1.54, 1.807) is 24.3 Å². The Morgan fingerprint density at radius 3 is 2.58 bits per heavy atom. The number of anilines is 1. The van der Waals surface area contributed by atoms with Crippen LogP contribution in [-0.4, -0.2) is 54.3 Å². The minimum Gasteiger partial charge on any atom is -0.469 e. The highest BCUT2D eigenvalue weighted by atomic mass is 35.5. The lowest BCUT2D eigenvalue weighted by molar-refractivity contribution is -0.154. The number of esters is 1. The monoisotopic (exact) mass is 467 g/mol. The summed E-state index contributed by atoms with van der Waals surface area (Å²) in [5, 5.41) is 3.20. The molecule has 170 valence electrons. The summed E-state index contributed by atoms with van der Waals surface area (Å²) in [4.78, 5) is 56.6. The Labute approximate surface area is 195 Å². The van der Waals surface area contributed by atoms with Crippen LogP contribution in [0.4, 0.5) is 5.69 Å². The number of methoxy groups -OCH3 is 1. The summed E-state index contributed by atoms with van der Waals surface area (Å²) in [6.07, 6.45) is -0.331. The van der Waals surface area contributed by atoms with Gasteiger partial charge in [-0.05, 0) is 23.8 Å². The number of hydrogen-bond acceptors (Lipinski definition) is 6. The molecule has 3 aliphatic rings. The normalized spacial score (nSPS) is 29.0. The van der Waals surface area contributed by atoms with Crippen molar-refractivity contribution in [3.05, 3.63) is 65.2 Å². The first-order chi connectivity index (χ1) is 15.9. The molecule has 0 bridgehead atoms. The largest absolute Gasteiger partial charge is 0.469 e. The number of fused-ring (bicyclic) bond motifs is 3. The van der Waals surface area contributed by atoms with Gasteiger partial charge in [-0.2, -0.15) is 0 Å². The first kappa shape index (κ1) is 21.6. The number of rotatable bonds is 4. The van der Waals surface area contributed by atoms with Gasteiger partial charge in [0.2, 0.25) is 17.7 Å². The van der Waals surface area contributed by atoms with E-state index in [-0.39, 0.29) is 6.42 Å². The van der Waals surface area contributed by atoms with Crippen molar-refractivity contribution in [2.45, 2.75) is 18.0 Å². The molecule has 0 spiro atoms. The van der Waals surface area contributed by atoms with Crippen LogP contribution in [0.1, 0.15) is 18.0 Å². The zero-order valence-electron chi connectivity index (χ0n) is 17.9. The third kappa shape index (κ3) is 3.08. The molecular weight excluding hydrogens is 446 g/mol. The van der Waals surface area contributed by atoms with Gasteiger partial charge in [-0.15, -0.1) is 0 Å². The molecule has 0 aromatic heterocycles. The van der Waals surface area contributed by atoms with Crippen LogP contribution in [0.15, 0.2) is 54.6 Å². The molecule has 0 saturated carbocycles. The highest BCUT2D eigenvalue weighted by Gasteiger charge is 2.73. The lowest BCUT2D eigenvalue weighted by Gasteiger charge is -2.45. The van der Waals surface area contributed by atoms with Gasteiger partial charge >= 0.3 is 5.97 Å². The van der Waals surface area contributed by atoms with Gasteiger partial charge in [0, 0.05) is 24.2 Å². The molecule has 9 heteroatoms. The number of ether oxygens (including phenoxy) is 1. The molecule has 3 heterocycles. The fourth-order valence-electron chi connectivity index (χ4n) is 5.68. The fourth-order valence-corrected chi connectivity index (χ4v) is 5.86. The van der Waals surface area contributed by atoms with Crippen LogP contribution in [0, 0.1) is 11.8 Å². The van der Waals surface area contributed by atoms with Gasteiger partial charge in [0.05, 0.1) is 31.1 Å². The predicted octanol–water partition coefficient (Wildman–Crippen LogP) is 1.93. The summed E-state index contributed by atoms with van der Waals surface area (Å²) >= 11 is 6.13. The van der Waals surface area contributed by atoms with E-state index in [1.807, 2.05) is 35.2 Å².